The number of ether oxygens (including phenoxy) is 1. The first-order valence-electron chi connectivity index (χ1n) is 9.24. The van der Waals surface area contributed by atoms with Crippen molar-refractivity contribution in [2.75, 3.05) is 19.8 Å². The highest BCUT2D eigenvalue weighted by molar-refractivity contribution is 5.87. The van der Waals surface area contributed by atoms with Crippen LogP contribution in [0.1, 0.15) is 31.0 Å². The van der Waals surface area contributed by atoms with Gasteiger partial charge in [0.25, 0.3) is 0 Å². The van der Waals surface area contributed by atoms with E-state index in [4.69, 9.17) is 4.74 Å². The summed E-state index contributed by atoms with van der Waals surface area (Å²) in [5, 5.41) is 5.80. The van der Waals surface area contributed by atoms with E-state index in [1.54, 1.807) is 12.5 Å². The molecule has 0 aliphatic carbocycles. The van der Waals surface area contributed by atoms with Crippen LogP contribution in [0.5, 0.6) is 0 Å². The average molecular weight is 370 g/mol. The molecule has 1 aromatic heterocycles. The molecule has 2 amide bonds. The van der Waals surface area contributed by atoms with Crippen molar-refractivity contribution >= 4 is 11.8 Å². The molecule has 7 nitrogen and oxygen atoms in total. The lowest BCUT2D eigenvalue weighted by molar-refractivity contribution is -0.128. The van der Waals surface area contributed by atoms with Crippen molar-refractivity contribution in [2.45, 2.75) is 37.6 Å². The summed E-state index contributed by atoms with van der Waals surface area (Å²) in [5.41, 5.74) is 1.86. The molecule has 1 fully saturated rings. The minimum atomic E-state index is -0.643. The van der Waals surface area contributed by atoms with Crippen molar-refractivity contribution in [1.29, 1.82) is 0 Å². The second-order valence-corrected chi connectivity index (χ2v) is 7.01. The average Bonchev–Trinajstić information content (AvgIpc) is 3.20. The van der Waals surface area contributed by atoms with E-state index in [1.165, 1.54) is 12.5 Å². The van der Waals surface area contributed by atoms with Crippen LogP contribution in [0.2, 0.25) is 0 Å². The smallest absolute Gasteiger partial charge is 0.243 e. The minimum Gasteiger partial charge on any atom is -0.381 e. The van der Waals surface area contributed by atoms with Gasteiger partial charge in [0.2, 0.25) is 11.8 Å². The summed E-state index contributed by atoms with van der Waals surface area (Å²) in [6.45, 7) is 3.28. The monoisotopic (exact) mass is 370 g/mol. The van der Waals surface area contributed by atoms with Gasteiger partial charge < -0.3 is 20.4 Å². The van der Waals surface area contributed by atoms with E-state index in [2.05, 4.69) is 32.7 Å². The van der Waals surface area contributed by atoms with Crippen LogP contribution in [0.25, 0.3) is 0 Å². The fraction of sp³-hybridized carbons (Fsp3) is 0.450. The highest BCUT2D eigenvalue weighted by atomic mass is 16.5. The topological polar surface area (TPSA) is 96.1 Å². The Kier molecular flexibility index (Phi) is 6.24. The highest BCUT2D eigenvalue weighted by Gasteiger charge is 2.35. The zero-order valence-corrected chi connectivity index (χ0v) is 15.5. The highest BCUT2D eigenvalue weighted by Crippen LogP contribution is 2.34. The number of carbonyl (C=O) groups is 2. The van der Waals surface area contributed by atoms with E-state index < -0.39 is 6.04 Å². The van der Waals surface area contributed by atoms with Gasteiger partial charge in [-0.15, -0.1) is 0 Å². The molecular formula is C20H26N4O3. The van der Waals surface area contributed by atoms with Gasteiger partial charge in [0, 0.05) is 50.4 Å². The van der Waals surface area contributed by atoms with Crippen molar-refractivity contribution in [3.05, 3.63) is 54.1 Å². The fourth-order valence-corrected chi connectivity index (χ4v) is 3.57. The van der Waals surface area contributed by atoms with Crippen LogP contribution in [-0.2, 0) is 26.2 Å². The normalized spacial score (nSPS) is 17.1. The van der Waals surface area contributed by atoms with Crippen LogP contribution in [0.4, 0.5) is 0 Å². The van der Waals surface area contributed by atoms with Crippen molar-refractivity contribution in [2.24, 2.45) is 0 Å². The zero-order valence-electron chi connectivity index (χ0n) is 15.5. The van der Waals surface area contributed by atoms with Crippen LogP contribution in [0.3, 0.4) is 0 Å². The molecule has 1 atom stereocenters. The minimum absolute atomic E-state index is 0.149. The predicted octanol–water partition coefficient (Wildman–Crippen LogP) is 1.32. The van der Waals surface area contributed by atoms with E-state index in [9.17, 15) is 9.59 Å². The molecule has 0 radical (unpaired) electrons. The van der Waals surface area contributed by atoms with E-state index in [0.29, 0.717) is 26.2 Å². The largest absolute Gasteiger partial charge is 0.381 e. The first-order valence-corrected chi connectivity index (χ1v) is 9.24. The molecule has 2 heterocycles. The third-order valence-corrected chi connectivity index (χ3v) is 5.11. The second kappa shape index (κ2) is 8.81. The summed E-state index contributed by atoms with van der Waals surface area (Å²) in [6, 6.07) is 9.60. The molecule has 3 N–H and O–H groups in total. The molecule has 1 aromatic carbocycles. The lowest BCUT2D eigenvalue weighted by Gasteiger charge is -2.38. The number of aromatic amines is 1. The Hall–Kier alpha value is -2.67. The number of nitrogens with zero attached hydrogens (tertiary/aromatic N) is 1. The number of carbonyl (C=O) groups excluding carboxylic acids is 2. The first-order chi connectivity index (χ1) is 13.1. The number of hydrogen-bond donors (Lipinski definition) is 3. The molecule has 27 heavy (non-hydrogen) atoms. The molecule has 2 aromatic rings. The number of benzene rings is 1. The molecule has 0 spiro atoms. The van der Waals surface area contributed by atoms with E-state index >= 15 is 0 Å². The second-order valence-electron chi connectivity index (χ2n) is 7.01. The predicted molar refractivity (Wildman–Crippen MR) is 101 cm³/mol. The molecule has 7 heteroatoms. The van der Waals surface area contributed by atoms with Crippen LogP contribution in [-0.4, -0.2) is 47.6 Å². The maximum Gasteiger partial charge on any atom is 0.243 e. The van der Waals surface area contributed by atoms with Crippen molar-refractivity contribution in [3.8, 4) is 0 Å². The lowest BCUT2D eigenvalue weighted by atomic mass is 9.74. The Morgan fingerprint density at radius 3 is 2.63 bits per heavy atom. The van der Waals surface area contributed by atoms with Crippen LogP contribution < -0.4 is 10.6 Å². The zero-order chi connectivity index (χ0) is 19.1. The Bertz CT molecular complexity index is 740. The number of aromatic nitrogens is 2. The number of H-pyrrole nitrogens is 1. The molecule has 1 aliphatic rings. The number of hydrogen-bond acceptors (Lipinski definition) is 4. The molecular weight excluding hydrogens is 344 g/mol. The quantitative estimate of drug-likeness (QED) is 0.685. The molecule has 144 valence electrons. The third-order valence-electron chi connectivity index (χ3n) is 5.11. The van der Waals surface area contributed by atoms with Crippen molar-refractivity contribution in [3.63, 3.8) is 0 Å². The van der Waals surface area contributed by atoms with Gasteiger partial charge in [0.05, 0.1) is 6.33 Å². The van der Waals surface area contributed by atoms with E-state index in [1.807, 2.05) is 18.2 Å². The van der Waals surface area contributed by atoms with E-state index in [-0.39, 0.29) is 17.2 Å². The number of rotatable bonds is 7. The Labute approximate surface area is 158 Å². The molecule has 0 bridgehead atoms. The van der Waals surface area contributed by atoms with Crippen molar-refractivity contribution < 1.29 is 14.3 Å². The molecule has 1 aliphatic heterocycles. The summed E-state index contributed by atoms with van der Waals surface area (Å²) < 4.78 is 5.54. The number of amides is 2. The van der Waals surface area contributed by atoms with Gasteiger partial charge in [0.15, 0.2) is 0 Å². The number of imidazole rings is 1. The van der Waals surface area contributed by atoms with E-state index in [0.717, 1.165) is 18.5 Å². The van der Waals surface area contributed by atoms with Gasteiger partial charge in [-0.2, -0.15) is 0 Å². The maximum absolute atomic E-state index is 12.8. The summed E-state index contributed by atoms with van der Waals surface area (Å²) in [6.07, 6.45) is 5.29. The number of nitrogens with one attached hydrogen (secondary N) is 3. The van der Waals surface area contributed by atoms with Crippen LogP contribution in [0, 0.1) is 0 Å². The summed E-state index contributed by atoms with van der Waals surface area (Å²) in [4.78, 5) is 31.3. The summed E-state index contributed by atoms with van der Waals surface area (Å²) >= 11 is 0. The van der Waals surface area contributed by atoms with Gasteiger partial charge in [-0.05, 0) is 18.4 Å². The Morgan fingerprint density at radius 1 is 1.26 bits per heavy atom. The van der Waals surface area contributed by atoms with Crippen molar-refractivity contribution in [1.82, 2.24) is 20.6 Å². The van der Waals surface area contributed by atoms with Crippen LogP contribution in [0.15, 0.2) is 42.9 Å². The maximum atomic E-state index is 12.8. The van der Waals surface area contributed by atoms with Gasteiger partial charge in [0.1, 0.15) is 6.04 Å². The Morgan fingerprint density at radius 2 is 2.00 bits per heavy atom. The van der Waals surface area contributed by atoms with Crippen LogP contribution >= 0.6 is 0 Å². The molecule has 1 saturated heterocycles. The third kappa shape index (κ3) is 4.95. The van der Waals surface area contributed by atoms with Gasteiger partial charge >= 0.3 is 0 Å². The molecule has 0 unspecified atom stereocenters. The SMILES string of the molecule is CC(=O)N[C@@H](Cc1cnc[nH]1)C(=O)NCC1(c2ccccc2)CCOCC1. The standard InChI is InChI=1S/C20H26N4O3/c1-15(25)24-18(11-17-12-21-14-23-17)19(26)22-13-20(7-9-27-10-8-20)16-5-3-2-4-6-16/h2-6,12,14,18H,7-11,13H2,1H3,(H,21,23)(H,22,26)(H,24,25)/t18-/m0/s1. The summed E-state index contributed by atoms with van der Waals surface area (Å²) in [7, 11) is 0. The molecule has 0 saturated carbocycles. The van der Waals surface area contributed by atoms with Gasteiger partial charge in [-0.1, -0.05) is 30.3 Å². The van der Waals surface area contributed by atoms with Gasteiger partial charge in [-0.3, -0.25) is 9.59 Å². The lowest BCUT2D eigenvalue weighted by Crippen LogP contribution is -2.51. The fourth-order valence-electron chi connectivity index (χ4n) is 3.57. The van der Waals surface area contributed by atoms with Gasteiger partial charge in [-0.25, -0.2) is 4.98 Å². The first kappa shape index (κ1) is 19.1. The summed E-state index contributed by atoms with van der Waals surface area (Å²) in [5.74, 6) is -0.430. The molecule has 3 rings (SSSR count). The Balaban J connectivity index is 1.70.